The van der Waals surface area contributed by atoms with Crippen molar-refractivity contribution >= 4 is 5.91 Å². The van der Waals surface area contributed by atoms with Crippen LogP contribution < -0.4 is 5.32 Å². The minimum atomic E-state index is -0.0129. The van der Waals surface area contributed by atoms with Gasteiger partial charge in [0.1, 0.15) is 0 Å². The average molecular weight is 201 g/mol. The quantitative estimate of drug-likeness (QED) is 0.676. The van der Waals surface area contributed by atoms with E-state index >= 15 is 0 Å². The number of carbonyl (C=O) groups is 1. The van der Waals surface area contributed by atoms with Crippen LogP contribution in [0.3, 0.4) is 0 Å². The van der Waals surface area contributed by atoms with Crippen molar-refractivity contribution in [2.24, 2.45) is 0 Å². The second-order valence-corrected chi connectivity index (χ2v) is 3.50. The first-order valence-electron chi connectivity index (χ1n) is 5.26. The summed E-state index contributed by atoms with van der Waals surface area (Å²) in [5, 5.41) is 2.72. The Morgan fingerprint density at radius 1 is 1.57 bits per heavy atom. The van der Waals surface area contributed by atoms with Crippen molar-refractivity contribution in [1.82, 2.24) is 5.32 Å². The third-order valence-corrected chi connectivity index (χ3v) is 2.14. The Bertz CT molecular complexity index is 167. The standard InChI is InChI=1S/C10H19NO3/c1-9(12)11-6-4-8-14-10-5-2-3-7-13-10/h10H,2-8H2,1H3,(H,11,12). The highest BCUT2D eigenvalue weighted by molar-refractivity contribution is 5.72. The second kappa shape index (κ2) is 6.79. The van der Waals surface area contributed by atoms with E-state index in [0.717, 1.165) is 25.9 Å². The lowest BCUT2D eigenvalue weighted by atomic mass is 10.2. The van der Waals surface area contributed by atoms with Crippen molar-refractivity contribution in [3.8, 4) is 0 Å². The van der Waals surface area contributed by atoms with Gasteiger partial charge >= 0.3 is 0 Å². The zero-order valence-electron chi connectivity index (χ0n) is 8.75. The van der Waals surface area contributed by atoms with Crippen molar-refractivity contribution in [1.29, 1.82) is 0 Å². The Hall–Kier alpha value is -0.610. The van der Waals surface area contributed by atoms with Gasteiger partial charge in [0.2, 0.25) is 5.91 Å². The number of carbonyl (C=O) groups excluding carboxylic acids is 1. The molecular weight excluding hydrogens is 182 g/mol. The van der Waals surface area contributed by atoms with Gasteiger partial charge in [-0.3, -0.25) is 4.79 Å². The molecule has 0 aromatic heterocycles. The summed E-state index contributed by atoms with van der Waals surface area (Å²) in [4.78, 5) is 10.5. The molecule has 1 heterocycles. The van der Waals surface area contributed by atoms with Crippen molar-refractivity contribution in [3.63, 3.8) is 0 Å². The van der Waals surface area contributed by atoms with Gasteiger partial charge in [-0.2, -0.15) is 0 Å². The zero-order valence-corrected chi connectivity index (χ0v) is 8.75. The summed E-state index contributed by atoms with van der Waals surface area (Å²) in [6.45, 7) is 3.68. The number of rotatable bonds is 5. The van der Waals surface area contributed by atoms with Crippen molar-refractivity contribution < 1.29 is 14.3 Å². The molecule has 0 aliphatic carbocycles. The molecule has 1 amide bonds. The maximum absolute atomic E-state index is 10.5. The molecular formula is C10H19NO3. The van der Waals surface area contributed by atoms with E-state index in [1.807, 2.05) is 0 Å². The molecule has 1 atom stereocenters. The van der Waals surface area contributed by atoms with Crippen LogP contribution in [-0.2, 0) is 14.3 Å². The summed E-state index contributed by atoms with van der Waals surface area (Å²) in [5.74, 6) is 0.0129. The molecule has 0 spiro atoms. The van der Waals surface area contributed by atoms with E-state index < -0.39 is 0 Å². The van der Waals surface area contributed by atoms with Crippen molar-refractivity contribution in [2.45, 2.75) is 38.9 Å². The Morgan fingerprint density at radius 3 is 3.07 bits per heavy atom. The minimum absolute atomic E-state index is 0.0129. The topological polar surface area (TPSA) is 47.6 Å². The molecule has 4 heteroatoms. The highest BCUT2D eigenvalue weighted by Crippen LogP contribution is 2.13. The number of hydrogen-bond donors (Lipinski definition) is 1. The van der Waals surface area contributed by atoms with Crippen LogP contribution in [-0.4, -0.2) is 32.0 Å². The largest absolute Gasteiger partial charge is 0.356 e. The van der Waals surface area contributed by atoms with Gasteiger partial charge in [-0.05, 0) is 25.7 Å². The van der Waals surface area contributed by atoms with Crippen LogP contribution in [0.15, 0.2) is 0 Å². The van der Waals surface area contributed by atoms with Gasteiger partial charge in [0.05, 0.1) is 6.61 Å². The lowest BCUT2D eigenvalue weighted by Crippen LogP contribution is -2.25. The molecule has 0 saturated carbocycles. The highest BCUT2D eigenvalue weighted by Gasteiger charge is 2.13. The summed E-state index contributed by atoms with van der Waals surface area (Å²) in [7, 11) is 0. The van der Waals surface area contributed by atoms with Gasteiger partial charge in [0.25, 0.3) is 0 Å². The summed E-state index contributed by atoms with van der Waals surface area (Å²) >= 11 is 0. The van der Waals surface area contributed by atoms with E-state index in [4.69, 9.17) is 9.47 Å². The van der Waals surface area contributed by atoms with E-state index in [1.165, 1.54) is 13.3 Å². The summed E-state index contributed by atoms with van der Waals surface area (Å²) in [5.41, 5.74) is 0. The van der Waals surface area contributed by atoms with E-state index in [2.05, 4.69) is 5.32 Å². The molecule has 1 saturated heterocycles. The van der Waals surface area contributed by atoms with Gasteiger partial charge in [-0.25, -0.2) is 0 Å². The number of amides is 1. The molecule has 1 aliphatic heterocycles. The summed E-state index contributed by atoms with van der Waals surface area (Å²) in [6, 6.07) is 0. The predicted molar refractivity (Wildman–Crippen MR) is 52.8 cm³/mol. The van der Waals surface area contributed by atoms with Gasteiger partial charge in [-0.15, -0.1) is 0 Å². The van der Waals surface area contributed by atoms with Crippen LogP contribution in [0.2, 0.25) is 0 Å². The zero-order chi connectivity index (χ0) is 10.2. The summed E-state index contributed by atoms with van der Waals surface area (Å²) in [6.07, 6.45) is 4.17. The Morgan fingerprint density at radius 2 is 2.43 bits per heavy atom. The molecule has 1 aliphatic rings. The fraction of sp³-hybridized carbons (Fsp3) is 0.900. The van der Waals surface area contributed by atoms with E-state index in [0.29, 0.717) is 13.2 Å². The van der Waals surface area contributed by atoms with Crippen LogP contribution in [0.1, 0.15) is 32.6 Å². The van der Waals surface area contributed by atoms with Gasteiger partial charge in [0.15, 0.2) is 6.29 Å². The lowest BCUT2D eigenvalue weighted by Gasteiger charge is -2.22. The van der Waals surface area contributed by atoms with Gasteiger partial charge in [0, 0.05) is 20.1 Å². The second-order valence-electron chi connectivity index (χ2n) is 3.50. The molecule has 4 nitrogen and oxygen atoms in total. The lowest BCUT2D eigenvalue weighted by molar-refractivity contribution is -0.162. The molecule has 1 N–H and O–H groups in total. The molecule has 1 unspecified atom stereocenters. The van der Waals surface area contributed by atoms with Gasteiger partial charge < -0.3 is 14.8 Å². The Labute approximate surface area is 85.0 Å². The van der Waals surface area contributed by atoms with E-state index in [1.54, 1.807) is 0 Å². The first-order chi connectivity index (χ1) is 6.79. The fourth-order valence-electron chi connectivity index (χ4n) is 1.39. The van der Waals surface area contributed by atoms with E-state index in [9.17, 15) is 4.79 Å². The molecule has 0 aromatic carbocycles. The number of ether oxygens (including phenoxy) is 2. The van der Waals surface area contributed by atoms with Gasteiger partial charge in [-0.1, -0.05) is 0 Å². The monoisotopic (exact) mass is 201 g/mol. The molecule has 0 radical (unpaired) electrons. The maximum atomic E-state index is 10.5. The third kappa shape index (κ3) is 5.19. The number of nitrogens with one attached hydrogen (secondary N) is 1. The minimum Gasteiger partial charge on any atom is -0.356 e. The van der Waals surface area contributed by atoms with Crippen LogP contribution >= 0.6 is 0 Å². The van der Waals surface area contributed by atoms with Crippen molar-refractivity contribution in [2.75, 3.05) is 19.8 Å². The molecule has 14 heavy (non-hydrogen) atoms. The van der Waals surface area contributed by atoms with Crippen LogP contribution in [0.4, 0.5) is 0 Å². The normalized spacial score (nSPS) is 21.9. The number of hydrogen-bond acceptors (Lipinski definition) is 3. The molecule has 82 valence electrons. The maximum Gasteiger partial charge on any atom is 0.216 e. The molecule has 1 rings (SSSR count). The van der Waals surface area contributed by atoms with Crippen molar-refractivity contribution in [3.05, 3.63) is 0 Å². The average Bonchev–Trinajstić information content (AvgIpc) is 2.18. The smallest absolute Gasteiger partial charge is 0.216 e. The SMILES string of the molecule is CC(=O)NCCCOC1CCCCO1. The summed E-state index contributed by atoms with van der Waals surface area (Å²) < 4.78 is 10.9. The molecule has 0 aromatic rings. The predicted octanol–water partition coefficient (Wildman–Crippen LogP) is 1.06. The van der Waals surface area contributed by atoms with Crippen LogP contribution in [0.5, 0.6) is 0 Å². The Kier molecular flexibility index (Phi) is 5.56. The molecule has 0 bridgehead atoms. The van der Waals surface area contributed by atoms with E-state index in [-0.39, 0.29) is 12.2 Å². The first-order valence-corrected chi connectivity index (χ1v) is 5.26. The Balaban J connectivity index is 1.90. The fourth-order valence-corrected chi connectivity index (χ4v) is 1.39. The first kappa shape index (κ1) is 11.5. The highest BCUT2D eigenvalue weighted by atomic mass is 16.7. The third-order valence-electron chi connectivity index (χ3n) is 2.14. The van der Waals surface area contributed by atoms with Crippen LogP contribution in [0, 0.1) is 0 Å². The molecule has 1 fully saturated rings. The van der Waals surface area contributed by atoms with Crippen LogP contribution in [0.25, 0.3) is 0 Å².